The summed E-state index contributed by atoms with van der Waals surface area (Å²) in [6.07, 6.45) is 7.54. The fourth-order valence-corrected chi connectivity index (χ4v) is 3.36. The van der Waals surface area contributed by atoms with Crippen LogP contribution in [0.5, 0.6) is 0 Å². The number of hydrogen-bond acceptors (Lipinski definition) is 2. The molecule has 0 heterocycles. The molecule has 1 rings (SSSR count). The molecular formula is C16H32N2. The standard InChI is InChI=1S/C16H32N2/c1-7-13(2)12-15(17-4)16(18(5)6)10-8-14(3)9-11-16/h14-15,17H,2,7-12H2,1,3-6H3. The van der Waals surface area contributed by atoms with Crippen molar-refractivity contribution in [3.8, 4) is 0 Å². The van der Waals surface area contributed by atoms with Gasteiger partial charge in [0.05, 0.1) is 0 Å². The lowest BCUT2D eigenvalue weighted by Gasteiger charge is -2.50. The predicted molar refractivity (Wildman–Crippen MR) is 80.9 cm³/mol. The first-order valence-electron chi connectivity index (χ1n) is 7.47. The van der Waals surface area contributed by atoms with Crippen LogP contribution in [0.4, 0.5) is 0 Å². The Morgan fingerprint density at radius 1 is 1.39 bits per heavy atom. The third kappa shape index (κ3) is 3.36. The van der Waals surface area contributed by atoms with Gasteiger partial charge in [0.25, 0.3) is 0 Å². The monoisotopic (exact) mass is 252 g/mol. The summed E-state index contributed by atoms with van der Waals surface area (Å²) in [5, 5.41) is 3.57. The highest BCUT2D eigenvalue weighted by Crippen LogP contribution is 2.39. The van der Waals surface area contributed by atoms with Gasteiger partial charge >= 0.3 is 0 Å². The summed E-state index contributed by atoms with van der Waals surface area (Å²) in [6.45, 7) is 8.80. The van der Waals surface area contributed by atoms with Crippen LogP contribution < -0.4 is 5.32 Å². The second-order valence-corrected chi connectivity index (χ2v) is 6.33. The minimum atomic E-state index is 0.319. The van der Waals surface area contributed by atoms with Crippen molar-refractivity contribution in [1.82, 2.24) is 10.2 Å². The molecule has 0 amide bonds. The maximum Gasteiger partial charge on any atom is 0.0359 e. The van der Waals surface area contributed by atoms with Gasteiger partial charge in [-0.2, -0.15) is 0 Å². The summed E-state index contributed by atoms with van der Waals surface area (Å²) in [5.74, 6) is 0.893. The average Bonchev–Trinajstić information content (AvgIpc) is 2.36. The first-order valence-corrected chi connectivity index (χ1v) is 7.47. The molecule has 2 heteroatoms. The fraction of sp³-hybridized carbons (Fsp3) is 0.875. The molecular weight excluding hydrogens is 220 g/mol. The highest BCUT2D eigenvalue weighted by Gasteiger charge is 2.42. The van der Waals surface area contributed by atoms with E-state index in [9.17, 15) is 0 Å². The molecule has 0 spiro atoms. The molecule has 106 valence electrons. The van der Waals surface area contributed by atoms with E-state index in [2.05, 4.69) is 51.8 Å². The lowest BCUT2D eigenvalue weighted by molar-refractivity contribution is 0.0459. The Morgan fingerprint density at radius 3 is 2.33 bits per heavy atom. The molecule has 0 aliphatic heterocycles. The molecule has 1 aliphatic rings. The maximum atomic E-state index is 4.20. The maximum absolute atomic E-state index is 4.20. The number of likely N-dealkylation sites (N-methyl/N-ethyl adjacent to an activating group) is 2. The zero-order chi connectivity index (χ0) is 13.8. The van der Waals surface area contributed by atoms with E-state index < -0.39 is 0 Å². The van der Waals surface area contributed by atoms with E-state index in [4.69, 9.17) is 0 Å². The molecule has 1 aliphatic carbocycles. The lowest BCUT2D eigenvalue weighted by Crippen LogP contribution is -2.59. The number of nitrogens with zero attached hydrogens (tertiary/aromatic N) is 1. The molecule has 18 heavy (non-hydrogen) atoms. The average molecular weight is 252 g/mol. The van der Waals surface area contributed by atoms with Crippen molar-refractivity contribution >= 4 is 0 Å². The van der Waals surface area contributed by atoms with Crippen LogP contribution in [0.3, 0.4) is 0 Å². The van der Waals surface area contributed by atoms with Crippen molar-refractivity contribution in [3.63, 3.8) is 0 Å². The van der Waals surface area contributed by atoms with Gasteiger partial charge in [-0.1, -0.05) is 26.0 Å². The fourth-order valence-electron chi connectivity index (χ4n) is 3.36. The van der Waals surface area contributed by atoms with Crippen LogP contribution in [0.1, 0.15) is 52.4 Å². The molecule has 1 fully saturated rings. The van der Waals surface area contributed by atoms with E-state index in [1.165, 1.54) is 31.3 Å². The van der Waals surface area contributed by atoms with Crippen LogP contribution in [0, 0.1) is 5.92 Å². The van der Waals surface area contributed by atoms with Crippen molar-refractivity contribution in [1.29, 1.82) is 0 Å². The Morgan fingerprint density at radius 2 is 1.94 bits per heavy atom. The van der Waals surface area contributed by atoms with Gasteiger partial charge in [-0.25, -0.2) is 0 Å². The number of rotatable bonds is 6. The van der Waals surface area contributed by atoms with Crippen LogP contribution in [0.15, 0.2) is 12.2 Å². The van der Waals surface area contributed by atoms with Crippen LogP contribution in [-0.2, 0) is 0 Å². The summed E-state index contributed by atoms with van der Waals surface area (Å²) in [4.78, 5) is 2.46. The van der Waals surface area contributed by atoms with Crippen LogP contribution in [-0.4, -0.2) is 37.6 Å². The van der Waals surface area contributed by atoms with Crippen molar-refractivity contribution in [2.24, 2.45) is 5.92 Å². The third-order valence-electron chi connectivity index (χ3n) is 5.02. The molecule has 0 radical (unpaired) electrons. The van der Waals surface area contributed by atoms with E-state index in [-0.39, 0.29) is 0 Å². The highest BCUT2D eigenvalue weighted by molar-refractivity contribution is 5.07. The molecule has 0 bridgehead atoms. The van der Waals surface area contributed by atoms with E-state index in [1.54, 1.807) is 0 Å². The van der Waals surface area contributed by atoms with Gasteiger partial charge in [0.1, 0.15) is 0 Å². The van der Waals surface area contributed by atoms with E-state index in [0.717, 1.165) is 18.8 Å². The second-order valence-electron chi connectivity index (χ2n) is 6.33. The smallest absolute Gasteiger partial charge is 0.0359 e. The van der Waals surface area contributed by atoms with E-state index in [1.807, 2.05) is 0 Å². The zero-order valence-electron chi connectivity index (χ0n) is 13.1. The summed E-state index contributed by atoms with van der Waals surface area (Å²) >= 11 is 0. The molecule has 1 atom stereocenters. The van der Waals surface area contributed by atoms with Crippen LogP contribution in [0.25, 0.3) is 0 Å². The summed E-state index contributed by atoms with van der Waals surface area (Å²) in [5.41, 5.74) is 1.69. The second kappa shape index (κ2) is 6.72. The topological polar surface area (TPSA) is 15.3 Å². The van der Waals surface area contributed by atoms with E-state index in [0.29, 0.717) is 11.6 Å². The van der Waals surface area contributed by atoms with Gasteiger partial charge in [0.2, 0.25) is 0 Å². The van der Waals surface area contributed by atoms with E-state index >= 15 is 0 Å². The molecule has 0 aromatic rings. The first kappa shape index (κ1) is 15.7. The summed E-state index contributed by atoms with van der Waals surface area (Å²) in [7, 11) is 6.60. The minimum absolute atomic E-state index is 0.319. The Hall–Kier alpha value is -0.340. The van der Waals surface area contributed by atoms with Gasteiger partial charge in [0.15, 0.2) is 0 Å². The SMILES string of the molecule is C=C(CC)CC(NC)C1(N(C)C)CCC(C)CC1. The zero-order valence-corrected chi connectivity index (χ0v) is 13.1. The number of nitrogens with one attached hydrogen (secondary N) is 1. The van der Waals surface area contributed by atoms with Gasteiger partial charge in [-0.05, 0) is 65.6 Å². The van der Waals surface area contributed by atoms with Crippen molar-refractivity contribution in [2.75, 3.05) is 21.1 Å². The molecule has 0 saturated heterocycles. The molecule has 1 saturated carbocycles. The first-order chi connectivity index (χ1) is 8.46. The van der Waals surface area contributed by atoms with Crippen LogP contribution in [0.2, 0.25) is 0 Å². The highest BCUT2D eigenvalue weighted by atomic mass is 15.2. The minimum Gasteiger partial charge on any atom is -0.315 e. The third-order valence-corrected chi connectivity index (χ3v) is 5.02. The molecule has 0 aromatic heterocycles. The molecule has 1 N–H and O–H groups in total. The summed E-state index contributed by atoms with van der Waals surface area (Å²) in [6, 6.07) is 0.535. The van der Waals surface area contributed by atoms with Gasteiger partial charge < -0.3 is 10.2 Å². The van der Waals surface area contributed by atoms with Crippen LogP contribution >= 0.6 is 0 Å². The Balaban J connectivity index is 2.84. The largest absolute Gasteiger partial charge is 0.315 e. The Labute approximate surface area is 114 Å². The molecule has 1 unspecified atom stereocenters. The summed E-state index contributed by atoms with van der Waals surface area (Å²) < 4.78 is 0. The Bertz CT molecular complexity index is 262. The van der Waals surface area contributed by atoms with Crippen molar-refractivity contribution in [3.05, 3.63) is 12.2 Å². The van der Waals surface area contributed by atoms with Crippen molar-refractivity contribution in [2.45, 2.75) is 64.0 Å². The van der Waals surface area contributed by atoms with Gasteiger partial charge in [0, 0.05) is 11.6 Å². The Kier molecular flexibility index (Phi) is 5.87. The van der Waals surface area contributed by atoms with Gasteiger partial charge in [-0.15, -0.1) is 0 Å². The lowest BCUT2D eigenvalue weighted by atomic mass is 9.70. The number of hydrogen-bond donors (Lipinski definition) is 1. The molecule has 0 aromatic carbocycles. The molecule has 2 nitrogen and oxygen atoms in total. The van der Waals surface area contributed by atoms with Crippen molar-refractivity contribution < 1.29 is 0 Å². The predicted octanol–water partition coefficient (Wildman–Crippen LogP) is 3.44. The quantitative estimate of drug-likeness (QED) is 0.729. The van der Waals surface area contributed by atoms with Gasteiger partial charge in [-0.3, -0.25) is 0 Å². The normalized spacial score (nSPS) is 30.4.